The third kappa shape index (κ3) is 4.26. The van der Waals surface area contributed by atoms with E-state index in [2.05, 4.69) is 15.7 Å². The van der Waals surface area contributed by atoms with Crippen LogP contribution in [0, 0.1) is 0 Å². The minimum atomic E-state index is 0.370. The molecule has 0 atom stereocenters. The first-order valence-electron chi connectivity index (χ1n) is 7.21. The molecule has 0 bridgehead atoms. The summed E-state index contributed by atoms with van der Waals surface area (Å²) in [6.45, 7) is 0.632. The van der Waals surface area contributed by atoms with Crippen molar-refractivity contribution >= 4 is 52.0 Å². The lowest BCUT2D eigenvalue weighted by atomic mass is 10.2. The first-order valence-corrected chi connectivity index (χ1v) is 8.37. The van der Waals surface area contributed by atoms with Crippen LogP contribution >= 0.6 is 35.4 Å². The number of aromatic nitrogens is 2. The van der Waals surface area contributed by atoms with Crippen LogP contribution in [-0.2, 0) is 6.54 Å². The fourth-order valence-electron chi connectivity index (χ4n) is 2.16. The van der Waals surface area contributed by atoms with Crippen LogP contribution in [0.5, 0.6) is 0 Å². The van der Waals surface area contributed by atoms with Gasteiger partial charge in [0.05, 0.1) is 17.3 Å². The van der Waals surface area contributed by atoms with Gasteiger partial charge in [0.15, 0.2) is 10.9 Å². The van der Waals surface area contributed by atoms with Crippen molar-refractivity contribution in [3.05, 3.63) is 76.4 Å². The van der Waals surface area contributed by atoms with Gasteiger partial charge < -0.3 is 10.6 Å². The average molecular weight is 377 g/mol. The summed E-state index contributed by atoms with van der Waals surface area (Å²) in [5.41, 5.74) is 1.86. The van der Waals surface area contributed by atoms with Crippen LogP contribution in [0.1, 0.15) is 5.56 Å². The number of nitrogens with one attached hydrogen (secondary N) is 2. The Labute approximate surface area is 155 Å². The van der Waals surface area contributed by atoms with E-state index in [9.17, 15) is 0 Å². The van der Waals surface area contributed by atoms with E-state index < -0.39 is 0 Å². The molecule has 0 spiro atoms. The first kappa shape index (κ1) is 16.8. The lowest BCUT2D eigenvalue weighted by Gasteiger charge is -2.10. The molecule has 2 N–H and O–H groups in total. The summed E-state index contributed by atoms with van der Waals surface area (Å²) in [4.78, 5) is 0. The van der Waals surface area contributed by atoms with Crippen molar-refractivity contribution in [1.29, 1.82) is 0 Å². The molecule has 24 heavy (non-hydrogen) atoms. The third-order valence-electron chi connectivity index (χ3n) is 3.26. The molecule has 3 aromatic rings. The van der Waals surface area contributed by atoms with Gasteiger partial charge in [-0.05, 0) is 29.9 Å². The molecule has 1 aromatic heterocycles. The Morgan fingerprint density at radius 3 is 2.42 bits per heavy atom. The summed E-state index contributed by atoms with van der Waals surface area (Å²) in [5, 5.41) is 11.9. The Hall–Kier alpha value is -2.08. The van der Waals surface area contributed by atoms with E-state index in [1.165, 1.54) is 0 Å². The Morgan fingerprint density at radius 1 is 0.958 bits per heavy atom. The third-order valence-corrected chi connectivity index (χ3v) is 4.07. The summed E-state index contributed by atoms with van der Waals surface area (Å²) in [6.07, 6.45) is 1.76. The SMILES string of the molecule is S=C(Nc1ccccc1Cl)Nc1nn(Cc2ccccc2)cc1Cl. The number of thiocarbonyl (C=S) groups is 1. The van der Waals surface area contributed by atoms with Gasteiger partial charge in [0.25, 0.3) is 0 Å². The van der Waals surface area contributed by atoms with Crippen molar-refractivity contribution in [2.45, 2.75) is 6.54 Å². The molecule has 0 radical (unpaired) electrons. The molecule has 0 saturated heterocycles. The second kappa shape index (κ2) is 7.66. The lowest BCUT2D eigenvalue weighted by Crippen LogP contribution is -2.20. The molecule has 0 saturated carbocycles. The topological polar surface area (TPSA) is 41.9 Å². The summed E-state index contributed by atoms with van der Waals surface area (Å²) in [6, 6.07) is 17.4. The Kier molecular flexibility index (Phi) is 5.35. The molecule has 0 aliphatic carbocycles. The second-order valence-corrected chi connectivity index (χ2v) is 6.29. The molecule has 0 aliphatic heterocycles. The van der Waals surface area contributed by atoms with Gasteiger partial charge in [0.1, 0.15) is 5.02 Å². The van der Waals surface area contributed by atoms with Crippen LogP contribution in [0.15, 0.2) is 60.8 Å². The summed E-state index contributed by atoms with van der Waals surface area (Å²) in [7, 11) is 0. The van der Waals surface area contributed by atoms with Crippen LogP contribution in [0.3, 0.4) is 0 Å². The van der Waals surface area contributed by atoms with Crippen molar-refractivity contribution < 1.29 is 0 Å². The van der Waals surface area contributed by atoms with Gasteiger partial charge in [-0.1, -0.05) is 65.7 Å². The average Bonchev–Trinajstić information content (AvgIpc) is 2.90. The number of halogens is 2. The molecule has 3 rings (SSSR count). The number of anilines is 2. The van der Waals surface area contributed by atoms with Gasteiger partial charge in [0, 0.05) is 6.20 Å². The van der Waals surface area contributed by atoms with E-state index in [0.29, 0.717) is 27.5 Å². The number of hydrogen-bond acceptors (Lipinski definition) is 2. The minimum Gasteiger partial charge on any atom is -0.331 e. The van der Waals surface area contributed by atoms with E-state index in [4.69, 9.17) is 35.4 Å². The highest BCUT2D eigenvalue weighted by atomic mass is 35.5. The Bertz CT molecular complexity index is 849. The fraction of sp³-hybridized carbons (Fsp3) is 0.0588. The van der Waals surface area contributed by atoms with Gasteiger partial charge in [-0.25, -0.2) is 0 Å². The first-order chi connectivity index (χ1) is 11.6. The Morgan fingerprint density at radius 2 is 1.67 bits per heavy atom. The van der Waals surface area contributed by atoms with Crippen molar-refractivity contribution in [2.75, 3.05) is 10.6 Å². The number of nitrogens with zero attached hydrogens (tertiary/aromatic N) is 2. The van der Waals surface area contributed by atoms with Gasteiger partial charge in [-0.3, -0.25) is 4.68 Å². The van der Waals surface area contributed by atoms with E-state index in [1.54, 1.807) is 16.9 Å². The van der Waals surface area contributed by atoms with Crippen LogP contribution in [0.25, 0.3) is 0 Å². The quantitative estimate of drug-likeness (QED) is 0.625. The molecule has 122 valence electrons. The fourth-order valence-corrected chi connectivity index (χ4v) is 2.74. The smallest absolute Gasteiger partial charge is 0.176 e. The standard InChI is InChI=1S/C17H14Cl2N4S/c18-13-8-4-5-9-15(13)20-17(24)21-16-14(19)11-23(22-16)10-12-6-2-1-3-7-12/h1-9,11H,10H2,(H2,20,21,22,24). The van der Waals surface area contributed by atoms with Crippen LogP contribution < -0.4 is 10.6 Å². The molecule has 0 aliphatic rings. The van der Waals surface area contributed by atoms with Gasteiger partial charge >= 0.3 is 0 Å². The van der Waals surface area contributed by atoms with Gasteiger partial charge in [-0.2, -0.15) is 5.10 Å². The zero-order chi connectivity index (χ0) is 16.9. The van der Waals surface area contributed by atoms with E-state index in [-0.39, 0.29) is 0 Å². The number of benzene rings is 2. The van der Waals surface area contributed by atoms with Crippen LogP contribution in [0.2, 0.25) is 10.0 Å². The molecular formula is C17H14Cl2N4S. The highest BCUT2D eigenvalue weighted by Crippen LogP contribution is 2.23. The van der Waals surface area contributed by atoms with Crippen molar-refractivity contribution in [3.63, 3.8) is 0 Å². The molecule has 4 nitrogen and oxygen atoms in total. The molecule has 0 amide bonds. The molecular weight excluding hydrogens is 363 g/mol. The van der Waals surface area contributed by atoms with Crippen molar-refractivity contribution in [1.82, 2.24) is 9.78 Å². The normalized spacial score (nSPS) is 10.4. The van der Waals surface area contributed by atoms with Crippen LogP contribution in [0.4, 0.5) is 11.5 Å². The van der Waals surface area contributed by atoms with Crippen molar-refractivity contribution in [2.24, 2.45) is 0 Å². The van der Waals surface area contributed by atoms with E-state index >= 15 is 0 Å². The predicted molar refractivity (Wildman–Crippen MR) is 104 cm³/mol. The maximum atomic E-state index is 6.23. The maximum absolute atomic E-state index is 6.23. The van der Waals surface area contributed by atoms with Crippen molar-refractivity contribution in [3.8, 4) is 0 Å². The summed E-state index contributed by atoms with van der Waals surface area (Å²) in [5.74, 6) is 0.497. The molecule has 1 heterocycles. The highest BCUT2D eigenvalue weighted by Gasteiger charge is 2.10. The number of para-hydroxylation sites is 1. The predicted octanol–water partition coefficient (Wildman–Crippen LogP) is 5.05. The molecule has 0 fully saturated rings. The molecule has 2 aromatic carbocycles. The van der Waals surface area contributed by atoms with Gasteiger partial charge in [-0.15, -0.1) is 0 Å². The maximum Gasteiger partial charge on any atom is 0.176 e. The summed E-state index contributed by atoms with van der Waals surface area (Å²) >= 11 is 17.6. The largest absolute Gasteiger partial charge is 0.331 e. The van der Waals surface area contributed by atoms with Gasteiger partial charge in [0.2, 0.25) is 0 Å². The molecule has 0 unspecified atom stereocenters. The summed E-state index contributed by atoms with van der Waals surface area (Å²) < 4.78 is 1.76. The number of rotatable bonds is 4. The zero-order valence-electron chi connectivity index (χ0n) is 12.5. The second-order valence-electron chi connectivity index (χ2n) is 5.07. The Balaban J connectivity index is 1.67. The minimum absolute atomic E-state index is 0.370. The highest BCUT2D eigenvalue weighted by molar-refractivity contribution is 7.80. The number of hydrogen-bond donors (Lipinski definition) is 2. The monoisotopic (exact) mass is 376 g/mol. The van der Waals surface area contributed by atoms with Crippen LogP contribution in [-0.4, -0.2) is 14.9 Å². The van der Waals surface area contributed by atoms with E-state index in [1.807, 2.05) is 48.5 Å². The lowest BCUT2D eigenvalue weighted by molar-refractivity contribution is 0.690. The zero-order valence-corrected chi connectivity index (χ0v) is 14.9. The van der Waals surface area contributed by atoms with E-state index in [0.717, 1.165) is 11.3 Å². The molecule has 7 heteroatoms.